The van der Waals surface area contributed by atoms with Crippen molar-refractivity contribution in [2.24, 2.45) is 4.99 Å². The Morgan fingerprint density at radius 3 is 2.22 bits per heavy atom. The van der Waals surface area contributed by atoms with Gasteiger partial charge in [-0.05, 0) is 45.0 Å². The predicted molar refractivity (Wildman–Crippen MR) is 112 cm³/mol. The predicted octanol–water partition coefficient (Wildman–Crippen LogP) is 1.61. The van der Waals surface area contributed by atoms with Gasteiger partial charge in [0.1, 0.15) is 5.75 Å². The lowest BCUT2D eigenvalue weighted by molar-refractivity contribution is 0.373. The van der Waals surface area contributed by atoms with E-state index in [1.54, 1.807) is 34.9 Å². The van der Waals surface area contributed by atoms with Crippen LogP contribution in [0.2, 0.25) is 0 Å². The van der Waals surface area contributed by atoms with Gasteiger partial charge in [-0.3, -0.25) is 4.99 Å². The maximum Gasteiger partial charge on any atom is 0.193 e. The van der Waals surface area contributed by atoms with E-state index in [9.17, 15) is 8.42 Å². The van der Waals surface area contributed by atoms with Crippen LogP contribution >= 0.6 is 0 Å². The summed E-state index contributed by atoms with van der Waals surface area (Å²) in [5.41, 5.74) is 1.18. The van der Waals surface area contributed by atoms with E-state index in [-0.39, 0.29) is 5.75 Å². The van der Waals surface area contributed by atoms with E-state index in [4.69, 9.17) is 4.74 Å². The summed E-state index contributed by atoms with van der Waals surface area (Å²) in [6, 6.07) is 8.08. The first-order valence-electron chi connectivity index (χ1n) is 9.25. The summed E-state index contributed by atoms with van der Waals surface area (Å²) in [7, 11) is 0.261. The third-order valence-electron chi connectivity index (χ3n) is 4.82. The highest BCUT2D eigenvalue weighted by atomic mass is 32.2. The minimum atomic E-state index is -3.14. The molecular weight excluding hydrogens is 364 g/mol. The van der Waals surface area contributed by atoms with Crippen molar-refractivity contribution in [3.05, 3.63) is 24.3 Å². The summed E-state index contributed by atoms with van der Waals surface area (Å²) >= 11 is 0. The van der Waals surface area contributed by atoms with E-state index in [0.717, 1.165) is 37.9 Å². The Bertz CT molecular complexity index is 731. The molecule has 0 unspecified atom stereocenters. The highest BCUT2D eigenvalue weighted by Gasteiger charge is 2.28. The molecule has 1 aliphatic heterocycles. The van der Waals surface area contributed by atoms with Gasteiger partial charge >= 0.3 is 0 Å². The zero-order chi connectivity index (χ0) is 20.1. The van der Waals surface area contributed by atoms with Gasteiger partial charge in [-0.15, -0.1) is 0 Å². The Balaban J connectivity index is 1.86. The molecule has 1 aromatic carbocycles. The summed E-state index contributed by atoms with van der Waals surface area (Å²) in [4.78, 5) is 8.81. The summed E-state index contributed by atoms with van der Waals surface area (Å²) in [6.45, 7) is 8.99. The van der Waals surface area contributed by atoms with Gasteiger partial charge in [0, 0.05) is 45.5 Å². The largest absolute Gasteiger partial charge is 0.497 e. The third kappa shape index (κ3) is 5.51. The van der Waals surface area contributed by atoms with Crippen LogP contribution in [-0.2, 0) is 9.84 Å². The molecule has 0 radical (unpaired) electrons. The molecule has 152 valence electrons. The highest BCUT2D eigenvalue weighted by molar-refractivity contribution is 7.92. The third-order valence-corrected chi connectivity index (χ3v) is 7.42. The Morgan fingerprint density at radius 2 is 1.74 bits per heavy atom. The molecule has 0 bridgehead atoms. The molecule has 0 atom stereocenters. The summed E-state index contributed by atoms with van der Waals surface area (Å²) in [5.74, 6) is 1.71. The van der Waals surface area contributed by atoms with Gasteiger partial charge in [0.25, 0.3) is 0 Å². The second kappa shape index (κ2) is 8.82. The van der Waals surface area contributed by atoms with E-state index in [1.165, 1.54) is 5.69 Å². The number of rotatable bonds is 5. The van der Waals surface area contributed by atoms with E-state index < -0.39 is 14.6 Å². The lowest BCUT2D eigenvalue weighted by atomic mass is 10.2. The van der Waals surface area contributed by atoms with Gasteiger partial charge in [0.05, 0.1) is 17.6 Å². The number of guanidine groups is 1. The minimum Gasteiger partial charge on any atom is -0.497 e. The number of sulfone groups is 1. The monoisotopic (exact) mass is 396 g/mol. The zero-order valence-electron chi connectivity index (χ0n) is 17.0. The normalized spacial score (nSPS) is 16.4. The van der Waals surface area contributed by atoms with Crippen molar-refractivity contribution in [3.8, 4) is 5.75 Å². The summed E-state index contributed by atoms with van der Waals surface area (Å²) in [6.07, 6.45) is 0. The van der Waals surface area contributed by atoms with Crippen LogP contribution in [0.3, 0.4) is 0 Å². The standard InChI is InChI=1S/C19H32N4O3S/c1-19(2,3)27(24,25)15-10-21-18(20-4)23-13-11-22(12-14-23)16-6-8-17(26-5)9-7-16/h6-9H,10-15H2,1-5H3,(H,20,21). The molecule has 1 aromatic rings. The maximum absolute atomic E-state index is 12.2. The lowest BCUT2D eigenvalue weighted by Crippen LogP contribution is -2.53. The van der Waals surface area contributed by atoms with Gasteiger partial charge in [-0.25, -0.2) is 8.42 Å². The number of anilines is 1. The quantitative estimate of drug-likeness (QED) is 0.602. The molecular formula is C19H32N4O3S. The summed E-state index contributed by atoms with van der Waals surface area (Å²) < 4.78 is 28.9. The fourth-order valence-electron chi connectivity index (χ4n) is 2.91. The zero-order valence-corrected chi connectivity index (χ0v) is 17.8. The van der Waals surface area contributed by atoms with Gasteiger partial charge in [-0.1, -0.05) is 0 Å². The van der Waals surface area contributed by atoms with Crippen LogP contribution in [0.25, 0.3) is 0 Å². The van der Waals surface area contributed by atoms with Crippen molar-refractivity contribution in [1.29, 1.82) is 0 Å². The lowest BCUT2D eigenvalue weighted by Gasteiger charge is -2.37. The molecule has 27 heavy (non-hydrogen) atoms. The van der Waals surface area contributed by atoms with Gasteiger partial charge < -0.3 is 19.9 Å². The smallest absolute Gasteiger partial charge is 0.193 e. The summed E-state index contributed by atoms with van der Waals surface area (Å²) in [5, 5.41) is 3.20. The number of nitrogens with one attached hydrogen (secondary N) is 1. The van der Waals surface area contributed by atoms with Crippen molar-refractivity contribution < 1.29 is 13.2 Å². The molecule has 0 spiro atoms. The average Bonchev–Trinajstić information content (AvgIpc) is 2.64. The van der Waals surface area contributed by atoms with E-state index in [2.05, 4.69) is 32.2 Å². The molecule has 0 aliphatic carbocycles. The maximum atomic E-state index is 12.2. The molecule has 2 rings (SSSR count). The van der Waals surface area contributed by atoms with Crippen LogP contribution in [0.1, 0.15) is 20.8 Å². The van der Waals surface area contributed by atoms with Crippen molar-refractivity contribution in [3.63, 3.8) is 0 Å². The molecule has 1 saturated heterocycles. The molecule has 7 nitrogen and oxygen atoms in total. The van der Waals surface area contributed by atoms with Crippen molar-refractivity contribution in [1.82, 2.24) is 10.2 Å². The molecule has 0 amide bonds. The first-order chi connectivity index (χ1) is 12.7. The molecule has 1 aliphatic rings. The number of hydrogen-bond donors (Lipinski definition) is 1. The Kier molecular flexibility index (Phi) is 6.97. The van der Waals surface area contributed by atoms with Crippen LogP contribution in [0.5, 0.6) is 5.75 Å². The highest BCUT2D eigenvalue weighted by Crippen LogP contribution is 2.20. The molecule has 1 fully saturated rings. The molecule has 0 aromatic heterocycles. The van der Waals surface area contributed by atoms with Crippen molar-refractivity contribution >= 4 is 21.5 Å². The molecule has 1 heterocycles. The van der Waals surface area contributed by atoms with E-state index in [0.29, 0.717) is 6.54 Å². The fourth-order valence-corrected chi connectivity index (χ4v) is 3.89. The molecule has 8 heteroatoms. The topological polar surface area (TPSA) is 74.2 Å². The number of methoxy groups -OCH3 is 1. The van der Waals surface area contributed by atoms with E-state index in [1.807, 2.05) is 12.1 Å². The number of benzene rings is 1. The Labute approximate surface area is 163 Å². The first-order valence-corrected chi connectivity index (χ1v) is 10.9. The Hall–Kier alpha value is -1.96. The van der Waals surface area contributed by atoms with Crippen molar-refractivity contribution in [2.45, 2.75) is 25.5 Å². The fraction of sp³-hybridized carbons (Fsp3) is 0.632. The van der Waals surface area contributed by atoms with E-state index >= 15 is 0 Å². The Morgan fingerprint density at radius 1 is 1.15 bits per heavy atom. The molecule has 1 N–H and O–H groups in total. The minimum absolute atomic E-state index is 0.0985. The number of aliphatic imine (C=N–C) groups is 1. The second-order valence-corrected chi connectivity index (χ2v) is 10.4. The number of hydrogen-bond acceptors (Lipinski definition) is 5. The van der Waals surface area contributed by atoms with Crippen molar-refractivity contribution in [2.75, 3.05) is 57.5 Å². The molecule has 0 saturated carbocycles. The SMILES string of the molecule is CN=C(NCCS(=O)(=O)C(C)(C)C)N1CCN(c2ccc(OC)cc2)CC1. The van der Waals surface area contributed by atoms with Crippen LogP contribution in [0, 0.1) is 0 Å². The second-order valence-electron chi connectivity index (χ2n) is 7.58. The van der Waals surface area contributed by atoms with Gasteiger partial charge in [0.2, 0.25) is 0 Å². The van der Waals surface area contributed by atoms with Gasteiger partial charge in [0.15, 0.2) is 15.8 Å². The number of nitrogens with zero attached hydrogens (tertiary/aromatic N) is 3. The van der Waals surface area contributed by atoms with Gasteiger partial charge in [-0.2, -0.15) is 0 Å². The van der Waals surface area contributed by atoms with Crippen LogP contribution in [0.15, 0.2) is 29.3 Å². The average molecular weight is 397 g/mol. The number of piperazine rings is 1. The van der Waals surface area contributed by atoms with Crippen LogP contribution in [-0.4, -0.2) is 76.7 Å². The first kappa shape index (κ1) is 21.3. The number of ether oxygens (including phenoxy) is 1. The van der Waals surface area contributed by atoms with Crippen LogP contribution in [0.4, 0.5) is 5.69 Å². The van der Waals surface area contributed by atoms with Crippen LogP contribution < -0.4 is 15.0 Å².